The number of aliphatic hydroxyl groups excluding tert-OH is 2. The summed E-state index contributed by atoms with van der Waals surface area (Å²) in [5.41, 5.74) is 1.50. The number of benzene rings is 2. The zero-order valence-electron chi connectivity index (χ0n) is 14.8. The fourth-order valence-corrected chi connectivity index (χ4v) is 3.68. The molecule has 6 atom stereocenters. The molecule has 4 rings (SSSR count). The molecule has 0 bridgehead atoms. The maximum absolute atomic E-state index is 9.89. The Kier molecular flexibility index (Phi) is 6.20. The second-order valence-corrected chi connectivity index (χ2v) is 7.56. The van der Waals surface area contributed by atoms with Gasteiger partial charge in [0.1, 0.15) is 24.4 Å². The van der Waals surface area contributed by atoms with E-state index in [2.05, 4.69) is 0 Å². The van der Waals surface area contributed by atoms with Gasteiger partial charge in [-0.25, -0.2) is 0 Å². The predicted octanol–water partition coefficient (Wildman–Crippen LogP) is 3.24. The number of fused-ring (bicyclic) bond motifs is 1. The topological polar surface area (TPSA) is 77.4 Å². The van der Waals surface area contributed by atoms with Gasteiger partial charge in [-0.05, 0) is 24.3 Å². The average molecular weight is 427 g/mol. The second kappa shape index (κ2) is 8.65. The highest BCUT2D eigenvalue weighted by Gasteiger charge is 2.49. The Hall–Kier alpha value is -1.22. The summed E-state index contributed by atoms with van der Waals surface area (Å²) < 4.78 is 24.0. The Morgan fingerprint density at radius 2 is 0.964 bits per heavy atom. The normalized spacial score (nSPS) is 32.7. The molecule has 0 saturated carbocycles. The van der Waals surface area contributed by atoms with Crippen molar-refractivity contribution in [3.05, 3.63) is 69.7 Å². The minimum Gasteiger partial charge on any atom is -0.394 e. The van der Waals surface area contributed by atoms with E-state index in [-0.39, 0.29) is 13.2 Å². The molecule has 2 aromatic rings. The summed E-state index contributed by atoms with van der Waals surface area (Å²) in [4.78, 5) is 0. The van der Waals surface area contributed by atoms with Gasteiger partial charge in [0.15, 0.2) is 12.6 Å². The zero-order valence-corrected chi connectivity index (χ0v) is 16.3. The molecule has 2 fully saturated rings. The second-order valence-electron chi connectivity index (χ2n) is 6.68. The molecule has 2 N–H and O–H groups in total. The van der Waals surface area contributed by atoms with Crippen molar-refractivity contribution in [3.63, 3.8) is 0 Å². The van der Waals surface area contributed by atoms with Crippen LogP contribution in [-0.2, 0) is 18.9 Å². The van der Waals surface area contributed by atoms with Gasteiger partial charge in [-0.2, -0.15) is 0 Å². The summed E-state index contributed by atoms with van der Waals surface area (Å²) >= 11 is 11.9. The van der Waals surface area contributed by atoms with Crippen LogP contribution in [0.25, 0.3) is 0 Å². The molecule has 8 heteroatoms. The summed E-state index contributed by atoms with van der Waals surface area (Å²) in [6.45, 7) is -0.528. The molecule has 0 aromatic heterocycles. The maximum atomic E-state index is 9.89. The number of halogens is 2. The lowest BCUT2D eigenvalue weighted by Gasteiger charge is -2.48. The fourth-order valence-electron chi connectivity index (χ4n) is 3.42. The Morgan fingerprint density at radius 3 is 1.29 bits per heavy atom. The van der Waals surface area contributed by atoms with Crippen molar-refractivity contribution in [1.82, 2.24) is 0 Å². The molecule has 2 aliphatic heterocycles. The van der Waals surface area contributed by atoms with E-state index in [1.165, 1.54) is 0 Å². The summed E-state index contributed by atoms with van der Waals surface area (Å²) in [7, 11) is 0. The van der Waals surface area contributed by atoms with Gasteiger partial charge < -0.3 is 29.2 Å². The summed E-state index contributed by atoms with van der Waals surface area (Å²) in [5, 5.41) is 21.0. The predicted molar refractivity (Wildman–Crippen MR) is 102 cm³/mol. The molecule has 6 nitrogen and oxygen atoms in total. The molecular weight excluding hydrogens is 407 g/mol. The molecular formula is C20H20Cl2O6. The summed E-state index contributed by atoms with van der Waals surface area (Å²) in [6, 6.07) is 14.1. The molecule has 2 aliphatic rings. The lowest BCUT2D eigenvalue weighted by Crippen LogP contribution is -2.59. The van der Waals surface area contributed by atoms with Crippen LogP contribution < -0.4 is 0 Å². The van der Waals surface area contributed by atoms with Gasteiger partial charge in [0, 0.05) is 21.2 Å². The number of hydrogen-bond donors (Lipinski definition) is 2. The molecule has 150 valence electrons. The Morgan fingerprint density at radius 1 is 0.607 bits per heavy atom. The van der Waals surface area contributed by atoms with Gasteiger partial charge in [-0.3, -0.25) is 0 Å². The van der Waals surface area contributed by atoms with Gasteiger partial charge in [0.25, 0.3) is 0 Å². The first-order valence-electron chi connectivity index (χ1n) is 8.93. The van der Waals surface area contributed by atoms with Gasteiger partial charge in [-0.1, -0.05) is 47.5 Å². The van der Waals surface area contributed by atoms with Gasteiger partial charge in [-0.15, -0.1) is 0 Å². The Labute approximate surface area is 172 Å². The molecule has 2 unspecified atom stereocenters. The number of rotatable bonds is 4. The van der Waals surface area contributed by atoms with E-state index in [9.17, 15) is 10.2 Å². The van der Waals surface area contributed by atoms with E-state index >= 15 is 0 Å². The molecule has 0 amide bonds. The third-order valence-corrected chi connectivity index (χ3v) is 5.36. The van der Waals surface area contributed by atoms with Gasteiger partial charge in [0.2, 0.25) is 0 Å². The Bertz CT molecular complexity index is 717. The van der Waals surface area contributed by atoms with E-state index in [0.29, 0.717) is 10.0 Å². The highest BCUT2D eigenvalue weighted by molar-refractivity contribution is 6.30. The largest absolute Gasteiger partial charge is 0.394 e. The first-order chi connectivity index (χ1) is 13.6. The van der Waals surface area contributed by atoms with Gasteiger partial charge in [0.05, 0.1) is 13.2 Å². The van der Waals surface area contributed by atoms with E-state index in [0.717, 1.165) is 11.1 Å². The van der Waals surface area contributed by atoms with E-state index < -0.39 is 37.0 Å². The lowest BCUT2D eigenvalue weighted by atomic mass is 9.99. The number of hydrogen-bond acceptors (Lipinski definition) is 6. The molecule has 2 aromatic carbocycles. The van der Waals surface area contributed by atoms with Crippen molar-refractivity contribution >= 4 is 23.2 Å². The fraction of sp³-hybridized carbons (Fsp3) is 0.400. The molecule has 0 radical (unpaired) electrons. The zero-order chi connectivity index (χ0) is 19.7. The van der Waals surface area contributed by atoms with Crippen molar-refractivity contribution in [3.8, 4) is 0 Å². The number of ether oxygens (including phenoxy) is 4. The van der Waals surface area contributed by atoms with E-state index in [4.69, 9.17) is 42.1 Å². The molecule has 28 heavy (non-hydrogen) atoms. The highest BCUT2D eigenvalue weighted by Crippen LogP contribution is 2.40. The minimum absolute atomic E-state index is 0.264. The first-order valence-corrected chi connectivity index (χ1v) is 9.69. The standard InChI is InChI=1S/C20H20Cl2O6/c21-13-5-1-11(2-6-13)19-25-15(9-23)18-17(27-19)16(10-24)26-20(28-18)12-3-7-14(22)8-4-12/h1-8,15-20,23-24H,9-10H2/t15-,16+,17-,18-,19?,20?/m0/s1. The molecule has 0 aliphatic carbocycles. The molecule has 2 heterocycles. The average Bonchev–Trinajstić information content (AvgIpc) is 2.73. The third kappa shape index (κ3) is 4.06. The SMILES string of the molecule is OC[C@@H]1OC(c2ccc(Cl)cc2)O[C@@H]2[C@H]1OC(c1ccc(Cl)cc1)O[C@@H]2CO. The van der Waals surface area contributed by atoms with Crippen LogP contribution in [0.5, 0.6) is 0 Å². The van der Waals surface area contributed by atoms with Crippen LogP contribution >= 0.6 is 23.2 Å². The van der Waals surface area contributed by atoms with Crippen molar-refractivity contribution in [2.75, 3.05) is 13.2 Å². The molecule has 2 saturated heterocycles. The van der Waals surface area contributed by atoms with Crippen molar-refractivity contribution in [2.45, 2.75) is 37.0 Å². The monoisotopic (exact) mass is 426 g/mol. The summed E-state index contributed by atoms with van der Waals surface area (Å²) in [5.74, 6) is 0. The lowest BCUT2D eigenvalue weighted by molar-refractivity contribution is -0.387. The maximum Gasteiger partial charge on any atom is 0.184 e. The van der Waals surface area contributed by atoms with E-state index in [1.807, 2.05) is 0 Å². The first kappa shape index (κ1) is 20.1. The van der Waals surface area contributed by atoms with E-state index in [1.54, 1.807) is 48.5 Å². The van der Waals surface area contributed by atoms with Crippen LogP contribution in [0.3, 0.4) is 0 Å². The Balaban J connectivity index is 1.58. The van der Waals surface area contributed by atoms with Crippen LogP contribution in [-0.4, -0.2) is 47.8 Å². The van der Waals surface area contributed by atoms with Crippen LogP contribution in [0.2, 0.25) is 10.0 Å². The van der Waals surface area contributed by atoms with Crippen molar-refractivity contribution < 1.29 is 29.2 Å². The smallest absolute Gasteiger partial charge is 0.184 e. The van der Waals surface area contributed by atoms with Crippen LogP contribution in [0, 0.1) is 0 Å². The minimum atomic E-state index is -0.732. The van der Waals surface area contributed by atoms with Crippen molar-refractivity contribution in [1.29, 1.82) is 0 Å². The molecule has 0 spiro atoms. The third-order valence-electron chi connectivity index (χ3n) is 4.86. The quantitative estimate of drug-likeness (QED) is 0.781. The van der Waals surface area contributed by atoms with Crippen LogP contribution in [0.1, 0.15) is 23.7 Å². The summed E-state index contributed by atoms with van der Waals surface area (Å²) in [6.07, 6.45) is -3.98. The highest BCUT2D eigenvalue weighted by atomic mass is 35.5. The number of aliphatic hydroxyl groups is 2. The van der Waals surface area contributed by atoms with Gasteiger partial charge >= 0.3 is 0 Å². The van der Waals surface area contributed by atoms with Crippen molar-refractivity contribution in [2.24, 2.45) is 0 Å². The van der Waals surface area contributed by atoms with Crippen LogP contribution in [0.4, 0.5) is 0 Å². The van der Waals surface area contributed by atoms with Crippen LogP contribution in [0.15, 0.2) is 48.5 Å².